The van der Waals surface area contributed by atoms with E-state index in [1.807, 2.05) is 0 Å². The van der Waals surface area contributed by atoms with Crippen LogP contribution in [0.4, 0.5) is 0 Å². The van der Waals surface area contributed by atoms with Crippen LogP contribution in [0.2, 0.25) is 0 Å². The number of H-pyrrole nitrogens is 1. The molecule has 9 nitrogen and oxygen atoms in total. The number of nitrogens with one attached hydrogen (secondary N) is 3. The lowest BCUT2D eigenvalue weighted by Gasteiger charge is -2.22. The summed E-state index contributed by atoms with van der Waals surface area (Å²) in [6.45, 7) is 2.07. The molecule has 0 aliphatic carbocycles. The van der Waals surface area contributed by atoms with Crippen molar-refractivity contribution in [2.75, 3.05) is 19.6 Å². The fraction of sp³-hybridized carbons (Fsp3) is 0.500. The highest BCUT2D eigenvalue weighted by atomic mass is 35.5. The topological polar surface area (TPSA) is 126 Å². The van der Waals surface area contributed by atoms with Crippen molar-refractivity contribution in [3.8, 4) is 0 Å². The van der Waals surface area contributed by atoms with Gasteiger partial charge in [-0.25, -0.2) is 22.9 Å². The smallest absolute Gasteiger partial charge is 0.316 e. The van der Waals surface area contributed by atoms with Crippen LogP contribution >= 0.6 is 12.4 Å². The summed E-state index contributed by atoms with van der Waals surface area (Å²) in [5.74, 6) is 0.242. The van der Waals surface area contributed by atoms with Gasteiger partial charge in [0, 0.05) is 19.8 Å². The molecule has 1 fully saturated rings. The fourth-order valence-electron chi connectivity index (χ4n) is 2.77. The summed E-state index contributed by atoms with van der Waals surface area (Å²) in [5, 5.41) is 3.28. The zero-order valence-electron chi connectivity index (χ0n) is 13.6. The number of rotatable bonds is 4. The van der Waals surface area contributed by atoms with Crippen LogP contribution in [0.1, 0.15) is 12.8 Å². The van der Waals surface area contributed by atoms with E-state index in [-0.39, 0.29) is 34.3 Å². The third-order valence-corrected chi connectivity index (χ3v) is 5.59. The number of piperidine rings is 1. The second-order valence-electron chi connectivity index (χ2n) is 5.92. The second-order valence-corrected chi connectivity index (χ2v) is 7.69. The Morgan fingerprint density at radius 3 is 2.84 bits per heavy atom. The van der Waals surface area contributed by atoms with E-state index in [0.717, 1.165) is 36.7 Å². The van der Waals surface area contributed by atoms with Crippen molar-refractivity contribution in [3.63, 3.8) is 0 Å². The van der Waals surface area contributed by atoms with Gasteiger partial charge in [0.1, 0.15) is 10.5 Å². The molecule has 1 saturated heterocycles. The maximum atomic E-state index is 12.4. The number of fused-ring (bicyclic) bond motifs is 1. The van der Waals surface area contributed by atoms with Gasteiger partial charge in [-0.15, -0.1) is 12.4 Å². The maximum Gasteiger partial charge on any atom is 0.329 e. The molecule has 0 spiro atoms. The predicted molar refractivity (Wildman–Crippen MR) is 95.6 cm³/mol. The van der Waals surface area contributed by atoms with Crippen molar-refractivity contribution in [3.05, 3.63) is 33.1 Å². The lowest BCUT2D eigenvalue weighted by atomic mass is 10.0. The van der Waals surface area contributed by atoms with Crippen molar-refractivity contribution in [2.45, 2.75) is 17.7 Å². The van der Waals surface area contributed by atoms with Crippen LogP contribution in [-0.2, 0) is 17.1 Å². The van der Waals surface area contributed by atoms with Gasteiger partial charge in [-0.05, 0) is 37.9 Å². The zero-order chi connectivity index (χ0) is 17.3. The first-order valence-electron chi connectivity index (χ1n) is 7.68. The predicted octanol–water partition coefficient (Wildman–Crippen LogP) is -0.678. The average molecular weight is 390 g/mol. The highest BCUT2D eigenvalue weighted by Gasteiger charge is 2.20. The van der Waals surface area contributed by atoms with Crippen molar-refractivity contribution in [1.82, 2.24) is 24.6 Å². The van der Waals surface area contributed by atoms with Gasteiger partial charge in [0.15, 0.2) is 0 Å². The number of hydrogen-bond acceptors (Lipinski definition) is 6. The number of hydrogen-bond donors (Lipinski definition) is 3. The molecule has 25 heavy (non-hydrogen) atoms. The van der Waals surface area contributed by atoms with Gasteiger partial charge in [-0.2, -0.15) is 0 Å². The van der Waals surface area contributed by atoms with Crippen LogP contribution in [0.5, 0.6) is 0 Å². The first-order valence-corrected chi connectivity index (χ1v) is 9.16. The summed E-state index contributed by atoms with van der Waals surface area (Å²) in [6, 6.07) is 1.24. The van der Waals surface area contributed by atoms with Gasteiger partial charge in [0.25, 0.3) is 5.56 Å². The van der Waals surface area contributed by atoms with Crippen LogP contribution in [-0.4, -0.2) is 42.6 Å². The van der Waals surface area contributed by atoms with Crippen molar-refractivity contribution < 1.29 is 8.42 Å². The minimum absolute atomic E-state index is 0. The highest BCUT2D eigenvalue weighted by Crippen LogP contribution is 2.14. The Hall–Kier alpha value is -1.75. The normalized spacial score (nSPS) is 18.0. The van der Waals surface area contributed by atoms with Crippen molar-refractivity contribution >= 4 is 33.5 Å². The van der Waals surface area contributed by atoms with Gasteiger partial charge >= 0.3 is 5.69 Å². The summed E-state index contributed by atoms with van der Waals surface area (Å²) in [5.41, 5.74) is -1.12. The van der Waals surface area contributed by atoms with E-state index in [1.165, 1.54) is 13.1 Å². The Balaban J connectivity index is 0.00000225. The molecule has 11 heteroatoms. The SMILES string of the molecule is Cl.Cn1c(=O)[nH]c(=O)c2cc(S(=O)(=O)NCC3CCCNC3)cnc21. The molecule has 3 N–H and O–H groups in total. The van der Waals surface area contributed by atoms with Crippen LogP contribution in [0.3, 0.4) is 0 Å². The molecule has 2 aromatic rings. The van der Waals surface area contributed by atoms with Crippen LogP contribution in [0, 0.1) is 5.92 Å². The first-order chi connectivity index (χ1) is 11.4. The standard InChI is InChI=1S/C14H19N5O4S.ClH/c1-19-12-11(13(20)18-14(19)21)5-10(8-16-12)24(22,23)17-7-9-3-2-4-15-6-9;/h5,8-9,15,17H,2-4,6-7H2,1H3,(H,18,20,21);1H. The minimum atomic E-state index is -3.77. The van der Waals surface area contributed by atoms with E-state index < -0.39 is 21.3 Å². The number of nitrogens with zero attached hydrogens (tertiary/aromatic N) is 2. The summed E-state index contributed by atoms with van der Waals surface area (Å²) >= 11 is 0. The lowest BCUT2D eigenvalue weighted by molar-refractivity contribution is 0.376. The van der Waals surface area contributed by atoms with Gasteiger partial charge in [0.05, 0.1) is 5.39 Å². The Morgan fingerprint density at radius 1 is 1.40 bits per heavy atom. The Labute approximate surface area is 150 Å². The molecule has 138 valence electrons. The quantitative estimate of drug-likeness (QED) is 0.636. The molecular weight excluding hydrogens is 370 g/mol. The maximum absolute atomic E-state index is 12.4. The molecule has 3 rings (SSSR count). The monoisotopic (exact) mass is 389 g/mol. The second kappa shape index (κ2) is 7.65. The number of sulfonamides is 1. The third-order valence-electron chi connectivity index (χ3n) is 4.20. The third kappa shape index (κ3) is 4.09. The molecule has 1 aliphatic rings. The van der Waals surface area contributed by atoms with Crippen LogP contribution in [0.25, 0.3) is 11.0 Å². The molecule has 0 aromatic carbocycles. The van der Waals surface area contributed by atoms with Crippen LogP contribution < -0.4 is 21.3 Å². The summed E-state index contributed by atoms with van der Waals surface area (Å²) in [7, 11) is -2.32. The number of aromatic amines is 1. The first kappa shape index (κ1) is 19.6. The molecule has 1 atom stereocenters. The molecule has 3 heterocycles. The molecule has 1 unspecified atom stereocenters. The highest BCUT2D eigenvalue weighted by molar-refractivity contribution is 7.89. The van der Waals surface area contributed by atoms with Gasteiger partial charge in [-0.3, -0.25) is 14.3 Å². The average Bonchev–Trinajstić information content (AvgIpc) is 2.58. The number of aryl methyl sites for hydroxylation is 1. The van der Waals surface area contributed by atoms with E-state index in [4.69, 9.17) is 0 Å². The zero-order valence-corrected chi connectivity index (χ0v) is 15.2. The van der Waals surface area contributed by atoms with E-state index in [1.54, 1.807) is 0 Å². The summed E-state index contributed by atoms with van der Waals surface area (Å²) < 4.78 is 28.6. The molecule has 1 aliphatic heterocycles. The molecule has 2 aromatic heterocycles. The Morgan fingerprint density at radius 2 is 2.16 bits per heavy atom. The number of halogens is 1. The minimum Gasteiger partial charge on any atom is -0.316 e. The Kier molecular flexibility index (Phi) is 5.99. The molecule has 0 saturated carbocycles. The Bertz CT molecular complexity index is 979. The molecule has 0 amide bonds. The van der Waals surface area contributed by atoms with E-state index in [0.29, 0.717) is 6.54 Å². The van der Waals surface area contributed by atoms with Crippen molar-refractivity contribution in [2.24, 2.45) is 13.0 Å². The van der Waals surface area contributed by atoms with E-state index in [9.17, 15) is 18.0 Å². The largest absolute Gasteiger partial charge is 0.329 e. The number of aromatic nitrogens is 3. The summed E-state index contributed by atoms with van der Waals surface area (Å²) in [6.07, 6.45) is 3.14. The fourth-order valence-corrected chi connectivity index (χ4v) is 3.86. The summed E-state index contributed by atoms with van der Waals surface area (Å²) in [4.78, 5) is 29.5. The molecule has 0 radical (unpaired) electrons. The van der Waals surface area contributed by atoms with Gasteiger partial charge in [-0.1, -0.05) is 0 Å². The van der Waals surface area contributed by atoms with Crippen LogP contribution in [0.15, 0.2) is 26.7 Å². The lowest BCUT2D eigenvalue weighted by Crippen LogP contribution is -2.38. The van der Waals surface area contributed by atoms with E-state index >= 15 is 0 Å². The molecule has 0 bridgehead atoms. The van der Waals surface area contributed by atoms with Gasteiger partial charge < -0.3 is 5.32 Å². The van der Waals surface area contributed by atoms with Crippen molar-refractivity contribution in [1.29, 1.82) is 0 Å². The van der Waals surface area contributed by atoms with Gasteiger partial charge in [0.2, 0.25) is 10.0 Å². The van der Waals surface area contributed by atoms with E-state index in [2.05, 4.69) is 20.0 Å². The molecular formula is C14H20ClN5O4S. The number of pyridine rings is 1.